The zero-order valence-corrected chi connectivity index (χ0v) is 15.3. The highest BCUT2D eigenvalue weighted by Crippen LogP contribution is 2.20. The van der Waals surface area contributed by atoms with Crippen LogP contribution in [-0.2, 0) is 14.8 Å². The van der Waals surface area contributed by atoms with Crippen LogP contribution in [0.3, 0.4) is 0 Å². The van der Waals surface area contributed by atoms with E-state index in [0.29, 0.717) is 25.2 Å². The van der Waals surface area contributed by atoms with Gasteiger partial charge >= 0.3 is 0 Å². The van der Waals surface area contributed by atoms with Crippen molar-refractivity contribution in [1.82, 2.24) is 9.21 Å². The Bertz CT molecular complexity index is 636. The van der Waals surface area contributed by atoms with Gasteiger partial charge in [-0.15, -0.1) is 0 Å². The molecule has 0 unspecified atom stereocenters. The second-order valence-electron chi connectivity index (χ2n) is 6.24. The van der Waals surface area contributed by atoms with E-state index in [1.165, 1.54) is 4.31 Å². The Hall–Kier alpha value is -1.44. The molecule has 1 N–H and O–H groups in total. The molecule has 1 fully saturated rings. The fourth-order valence-corrected chi connectivity index (χ4v) is 4.07. The largest absolute Gasteiger partial charge is 0.326 e. The first-order valence-corrected chi connectivity index (χ1v) is 9.96. The quantitative estimate of drug-likeness (QED) is 0.763. The molecule has 1 aliphatic rings. The second kappa shape index (κ2) is 8.60. The number of anilines is 1. The molecule has 1 aliphatic heterocycles. The van der Waals surface area contributed by atoms with E-state index >= 15 is 0 Å². The number of sulfonamides is 1. The monoisotopic (exact) mass is 353 g/mol. The third-order valence-corrected chi connectivity index (χ3v) is 6.16. The lowest BCUT2D eigenvalue weighted by atomic mass is 10.2. The predicted octanol–water partition coefficient (Wildman–Crippen LogP) is 2.14. The van der Waals surface area contributed by atoms with Gasteiger partial charge in [-0.2, -0.15) is 4.31 Å². The first-order chi connectivity index (χ1) is 11.4. The minimum atomic E-state index is -3.45. The number of amides is 1. The van der Waals surface area contributed by atoms with Gasteiger partial charge in [0.15, 0.2) is 0 Å². The van der Waals surface area contributed by atoms with Crippen molar-refractivity contribution in [2.75, 3.05) is 38.5 Å². The molecule has 0 bridgehead atoms. The summed E-state index contributed by atoms with van der Waals surface area (Å²) in [4.78, 5) is 14.2. The summed E-state index contributed by atoms with van der Waals surface area (Å²) in [5, 5.41) is 2.81. The summed E-state index contributed by atoms with van der Waals surface area (Å²) in [6.07, 6.45) is 3.48. The molecule has 6 nitrogen and oxygen atoms in total. The maximum absolute atomic E-state index is 12.6. The maximum Gasteiger partial charge on any atom is 0.243 e. The van der Waals surface area contributed by atoms with E-state index in [0.717, 1.165) is 32.4 Å². The Morgan fingerprint density at radius 3 is 2.29 bits per heavy atom. The third-order valence-electron chi connectivity index (χ3n) is 4.25. The molecule has 1 aromatic rings. The van der Waals surface area contributed by atoms with Gasteiger partial charge in [-0.1, -0.05) is 19.8 Å². The number of carbonyl (C=O) groups is 1. The molecule has 7 heteroatoms. The molecule has 1 heterocycles. The van der Waals surface area contributed by atoms with Crippen molar-refractivity contribution in [2.24, 2.45) is 0 Å². The van der Waals surface area contributed by atoms with E-state index in [1.807, 2.05) is 7.05 Å². The van der Waals surface area contributed by atoms with Crippen molar-refractivity contribution in [1.29, 1.82) is 0 Å². The summed E-state index contributed by atoms with van der Waals surface area (Å²) in [7, 11) is -1.47. The Morgan fingerprint density at radius 2 is 1.71 bits per heavy atom. The van der Waals surface area contributed by atoms with Crippen LogP contribution in [0, 0.1) is 0 Å². The lowest BCUT2D eigenvalue weighted by Crippen LogP contribution is -2.46. The smallest absolute Gasteiger partial charge is 0.243 e. The number of carbonyl (C=O) groups excluding carboxylic acids is 1. The SMILES string of the molecule is CCCCCC(=O)Nc1ccc(S(=O)(=O)N2CCN(C)CC2)cc1. The van der Waals surface area contributed by atoms with Crippen molar-refractivity contribution in [2.45, 2.75) is 37.5 Å². The van der Waals surface area contributed by atoms with Crippen molar-refractivity contribution in [3.8, 4) is 0 Å². The van der Waals surface area contributed by atoms with Gasteiger partial charge in [0, 0.05) is 38.3 Å². The average molecular weight is 353 g/mol. The van der Waals surface area contributed by atoms with Crippen LogP contribution in [0.2, 0.25) is 0 Å². The first kappa shape index (κ1) is 18.9. The van der Waals surface area contributed by atoms with Gasteiger partial charge in [0.25, 0.3) is 0 Å². The van der Waals surface area contributed by atoms with Crippen LogP contribution in [0.1, 0.15) is 32.6 Å². The van der Waals surface area contributed by atoms with Crippen molar-refractivity contribution in [3.05, 3.63) is 24.3 Å². The van der Waals surface area contributed by atoms with Gasteiger partial charge in [-0.25, -0.2) is 8.42 Å². The fourth-order valence-electron chi connectivity index (χ4n) is 2.65. The molecular formula is C17H27N3O3S. The molecule has 0 saturated carbocycles. The van der Waals surface area contributed by atoms with E-state index in [1.54, 1.807) is 24.3 Å². The molecule has 24 heavy (non-hydrogen) atoms. The van der Waals surface area contributed by atoms with Crippen LogP contribution < -0.4 is 5.32 Å². The van der Waals surface area contributed by atoms with Gasteiger partial charge in [0.05, 0.1) is 4.90 Å². The Morgan fingerprint density at radius 1 is 1.08 bits per heavy atom. The number of likely N-dealkylation sites (N-methyl/N-ethyl adjacent to an activating group) is 1. The van der Waals surface area contributed by atoms with Crippen LogP contribution in [0.5, 0.6) is 0 Å². The van der Waals surface area contributed by atoms with Crippen LogP contribution >= 0.6 is 0 Å². The number of hydrogen-bond acceptors (Lipinski definition) is 4. The first-order valence-electron chi connectivity index (χ1n) is 8.52. The van der Waals surface area contributed by atoms with Gasteiger partial charge in [0.1, 0.15) is 0 Å². The number of rotatable bonds is 7. The Labute approximate surface area is 144 Å². The number of nitrogens with zero attached hydrogens (tertiary/aromatic N) is 2. The van der Waals surface area contributed by atoms with Crippen LogP contribution in [-0.4, -0.2) is 56.8 Å². The second-order valence-corrected chi connectivity index (χ2v) is 8.17. The minimum Gasteiger partial charge on any atom is -0.326 e. The number of benzene rings is 1. The van der Waals surface area contributed by atoms with Crippen LogP contribution in [0.25, 0.3) is 0 Å². The number of piperazine rings is 1. The fraction of sp³-hybridized carbons (Fsp3) is 0.588. The highest BCUT2D eigenvalue weighted by Gasteiger charge is 2.27. The zero-order valence-electron chi connectivity index (χ0n) is 14.5. The van der Waals surface area contributed by atoms with Crippen molar-refractivity contribution >= 4 is 21.6 Å². The molecule has 1 aromatic carbocycles. The minimum absolute atomic E-state index is 0.0295. The lowest BCUT2D eigenvalue weighted by Gasteiger charge is -2.31. The molecule has 0 radical (unpaired) electrons. The molecule has 2 rings (SSSR count). The zero-order chi connectivity index (χ0) is 17.6. The number of unbranched alkanes of at least 4 members (excludes halogenated alkanes) is 2. The number of nitrogens with one attached hydrogen (secondary N) is 1. The van der Waals surface area contributed by atoms with Gasteiger partial charge in [0.2, 0.25) is 15.9 Å². The topological polar surface area (TPSA) is 69.7 Å². The Kier molecular flexibility index (Phi) is 6.77. The van der Waals surface area contributed by atoms with E-state index in [2.05, 4.69) is 17.1 Å². The summed E-state index contributed by atoms with van der Waals surface area (Å²) < 4.78 is 26.8. The van der Waals surface area contributed by atoms with Crippen molar-refractivity contribution < 1.29 is 13.2 Å². The molecular weight excluding hydrogens is 326 g/mol. The predicted molar refractivity (Wildman–Crippen MR) is 95.5 cm³/mol. The molecule has 1 amide bonds. The van der Waals surface area contributed by atoms with E-state index in [9.17, 15) is 13.2 Å². The standard InChI is InChI=1S/C17H27N3O3S/c1-3-4-5-6-17(21)18-15-7-9-16(10-8-15)24(22,23)20-13-11-19(2)12-14-20/h7-10H,3-6,11-14H2,1-2H3,(H,18,21). The van der Waals surface area contributed by atoms with E-state index in [4.69, 9.17) is 0 Å². The van der Waals surface area contributed by atoms with Crippen LogP contribution in [0.4, 0.5) is 5.69 Å². The molecule has 0 atom stereocenters. The normalized spacial score (nSPS) is 16.9. The average Bonchev–Trinajstić information content (AvgIpc) is 2.56. The summed E-state index contributed by atoms with van der Waals surface area (Å²) in [6.45, 7) is 4.59. The molecule has 1 saturated heterocycles. The highest BCUT2D eigenvalue weighted by molar-refractivity contribution is 7.89. The van der Waals surface area contributed by atoms with E-state index in [-0.39, 0.29) is 10.8 Å². The molecule has 0 aliphatic carbocycles. The molecule has 134 valence electrons. The molecule has 0 spiro atoms. The van der Waals surface area contributed by atoms with Crippen molar-refractivity contribution in [3.63, 3.8) is 0 Å². The number of hydrogen-bond donors (Lipinski definition) is 1. The van der Waals surface area contributed by atoms with Gasteiger partial charge in [-0.05, 0) is 37.7 Å². The van der Waals surface area contributed by atoms with Crippen LogP contribution in [0.15, 0.2) is 29.2 Å². The Balaban J connectivity index is 1.97. The summed E-state index contributed by atoms with van der Waals surface area (Å²) in [6, 6.07) is 6.44. The molecule has 0 aromatic heterocycles. The lowest BCUT2D eigenvalue weighted by molar-refractivity contribution is -0.116. The maximum atomic E-state index is 12.6. The summed E-state index contributed by atoms with van der Waals surface area (Å²) >= 11 is 0. The summed E-state index contributed by atoms with van der Waals surface area (Å²) in [5.74, 6) is -0.0295. The summed E-state index contributed by atoms with van der Waals surface area (Å²) in [5.41, 5.74) is 0.633. The highest BCUT2D eigenvalue weighted by atomic mass is 32.2. The van der Waals surface area contributed by atoms with E-state index < -0.39 is 10.0 Å². The van der Waals surface area contributed by atoms with Gasteiger partial charge in [-0.3, -0.25) is 4.79 Å². The third kappa shape index (κ3) is 5.03. The van der Waals surface area contributed by atoms with Gasteiger partial charge < -0.3 is 10.2 Å².